The fourth-order valence-corrected chi connectivity index (χ4v) is 2.48. The number of nitrogens with zero attached hydrogens (tertiary/aromatic N) is 1. The molecule has 0 aliphatic heterocycles. The van der Waals surface area contributed by atoms with Crippen molar-refractivity contribution in [3.8, 4) is 17.3 Å². The Kier molecular flexibility index (Phi) is 3.08. The zero-order valence-corrected chi connectivity index (χ0v) is 11.7. The highest BCUT2D eigenvalue weighted by atomic mass is 16.3. The highest BCUT2D eigenvalue weighted by Crippen LogP contribution is 2.40. The van der Waals surface area contributed by atoms with Crippen LogP contribution in [-0.4, -0.2) is 15.1 Å². The molecule has 1 heterocycles. The van der Waals surface area contributed by atoms with Gasteiger partial charge < -0.3 is 10.1 Å². The Hall–Kier alpha value is -2.10. The van der Waals surface area contributed by atoms with Crippen molar-refractivity contribution in [3.05, 3.63) is 45.7 Å². The van der Waals surface area contributed by atoms with Crippen molar-refractivity contribution in [2.45, 2.75) is 38.5 Å². The molecule has 2 aromatic rings. The van der Waals surface area contributed by atoms with Crippen molar-refractivity contribution in [1.82, 2.24) is 9.97 Å². The topological polar surface area (TPSA) is 66.0 Å². The van der Waals surface area contributed by atoms with Crippen LogP contribution in [0.4, 0.5) is 0 Å². The van der Waals surface area contributed by atoms with Crippen LogP contribution in [0.3, 0.4) is 0 Å². The lowest BCUT2D eigenvalue weighted by atomic mass is 10.0. The van der Waals surface area contributed by atoms with Crippen LogP contribution in [0.5, 0.6) is 5.88 Å². The maximum atomic E-state index is 12.1. The van der Waals surface area contributed by atoms with E-state index in [9.17, 15) is 9.90 Å². The zero-order valence-electron chi connectivity index (χ0n) is 11.7. The van der Waals surface area contributed by atoms with Crippen LogP contribution < -0.4 is 5.56 Å². The first-order chi connectivity index (χ1) is 9.56. The molecule has 0 amide bonds. The van der Waals surface area contributed by atoms with Crippen molar-refractivity contribution in [1.29, 1.82) is 0 Å². The van der Waals surface area contributed by atoms with Gasteiger partial charge in [0.05, 0.1) is 5.56 Å². The van der Waals surface area contributed by atoms with Crippen molar-refractivity contribution in [3.63, 3.8) is 0 Å². The van der Waals surface area contributed by atoms with Gasteiger partial charge in [0, 0.05) is 5.56 Å². The largest absolute Gasteiger partial charge is 0.493 e. The molecule has 2 N–H and O–H groups in total. The highest BCUT2D eigenvalue weighted by molar-refractivity contribution is 5.57. The Morgan fingerprint density at radius 2 is 2.10 bits per heavy atom. The zero-order chi connectivity index (χ0) is 14.3. The van der Waals surface area contributed by atoms with Crippen LogP contribution in [0.15, 0.2) is 29.1 Å². The lowest BCUT2D eigenvalue weighted by molar-refractivity contribution is 0.440. The van der Waals surface area contributed by atoms with Crippen LogP contribution in [0.25, 0.3) is 11.4 Å². The van der Waals surface area contributed by atoms with Gasteiger partial charge in [0.1, 0.15) is 5.82 Å². The predicted octanol–water partition coefficient (Wildman–Crippen LogP) is 3.14. The molecule has 104 valence electrons. The molecule has 20 heavy (non-hydrogen) atoms. The lowest BCUT2D eigenvalue weighted by Gasteiger charge is -2.09. The van der Waals surface area contributed by atoms with E-state index >= 15 is 0 Å². The lowest BCUT2D eigenvalue weighted by Crippen LogP contribution is -2.16. The third-order valence-electron chi connectivity index (χ3n) is 3.72. The van der Waals surface area contributed by atoms with E-state index in [4.69, 9.17) is 0 Å². The van der Waals surface area contributed by atoms with E-state index in [0.29, 0.717) is 17.3 Å². The molecule has 0 radical (unpaired) electrons. The molecule has 4 nitrogen and oxygen atoms in total. The van der Waals surface area contributed by atoms with Crippen molar-refractivity contribution >= 4 is 0 Å². The van der Waals surface area contributed by atoms with Crippen LogP contribution in [0, 0.1) is 0 Å². The number of nitrogens with one attached hydrogen (secondary N) is 1. The van der Waals surface area contributed by atoms with Crippen molar-refractivity contribution in [2.75, 3.05) is 0 Å². The van der Waals surface area contributed by atoms with Gasteiger partial charge in [0.25, 0.3) is 5.56 Å². The van der Waals surface area contributed by atoms with Crippen molar-refractivity contribution < 1.29 is 5.11 Å². The van der Waals surface area contributed by atoms with Gasteiger partial charge in [-0.2, -0.15) is 4.98 Å². The Bertz CT molecular complexity index is 700. The number of rotatable bonds is 3. The summed E-state index contributed by atoms with van der Waals surface area (Å²) in [4.78, 5) is 19.0. The van der Waals surface area contributed by atoms with Gasteiger partial charge in [0.2, 0.25) is 5.88 Å². The quantitative estimate of drug-likeness (QED) is 0.900. The summed E-state index contributed by atoms with van der Waals surface area (Å²) in [5.74, 6) is 0.846. The summed E-state index contributed by atoms with van der Waals surface area (Å²) in [6.45, 7) is 3.72. The molecule has 1 aliphatic rings. The first kappa shape index (κ1) is 12.9. The molecule has 0 bridgehead atoms. The van der Waals surface area contributed by atoms with E-state index in [2.05, 4.69) is 16.0 Å². The van der Waals surface area contributed by atoms with E-state index in [1.54, 1.807) is 0 Å². The Morgan fingerprint density at radius 1 is 1.35 bits per heavy atom. The maximum Gasteiger partial charge on any atom is 0.258 e. The molecule has 1 aromatic heterocycles. The van der Waals surface area contributed by atoms with Gasteiger partial charge in [0.15, 0.2) is 0 Å². The minimum absolute atomic E-state index is 0.0573. The van der Waals surface area contributed by atoms with Gasteiger partial charge in [-0.25, -0.2) is 0 Å². The predicted molar refractivity (Wildman–Crippen MR) is 78.0 cm³/mol. The molecule has 1 saturated carbocycles. The van der Waals surface area contributed by atoms with Crippen LogP contribution >= 0.6 is 0 Å². The second kappa shape index (κ2) is 4.78. The Balaban J connectivity index is 2.06. The smallest absolute Gasteiger partial charge is 0.258 e. The summed E-state index contributed by atoms with van der Waals surface area (Å²) in [6.07, 6.45) is 2.45. The van der Waals surface area contributed by atoms with Crippen LogP contribution in [0.2, 0.25) is 0 Å². The summed E-state index contributed by atoms with van der Waals surface area (Å²) >= 11 is 0. The van der Waals surface area contributed by atoms with Gasteiger partial charge >= 0.3 is 0 Å². The van der Waals surface area contributed by atoms with Crippen LogP contribution in [-0.2, 0) is 0 Å². The average Bonchev–Trinajstić information content (AvgIpc) is 3.21. The molecule has 0 saturated heterocycles. The minimum Gasteiger partial charge on any atom is -0.493 e. The average molecular weight is 270 g/mol. The number of aromatic nitrogens is 2. The molecule has 1 fully saturated rings. The highest BCUT2D eigenvalue weighted by Gasteiger charge is 2.24. The SMILES string of the molecule is CC(C)c1c(O)nc(-c2cccc(C3CC3)c2)[nH]c1=O. The normalized spacial score (nSPS) is 14.8. The number of H-pyrrole nitrogens is 1. The summed E-state index contributed by atoms with van der Waals surface area (Å²) < 4.78 is 0. The standard InChI is InChI=1S/C16H18N2O2/c1-9(2)13-15(19)17-14(18-16(13)20)12-5-3-4-11(8-12)10-6-7-10/h3-5,8-10H,6-7H2,1-2H3,(H2,17,18,19,20). The first-order valence-electron chi connectivity index (χ1n) is 6.99. The van der Waals surface area contributed by atoms with E-state index in [0.717, 1.165) is 5.56 Å². The van der Waals surface area contributed by atoms with Crippen molar-refractivity contribution in [2.24, 2.45) is 0 Å². The minimum atomic E-state index is -0.265. The molecule has 1 aliphatic carbocycles. The number of hydrogen-bond donors (Lipinski definition) is 2. The molecule has 1 aromatic carbocycles. The molecule has 0 atom stereocenters. The first-order valence-corrected chi connectivity index (χ1v) is 6.99. The summed E-state index contributed by atoms with van der Waals surface area (Å²) in [5, 5.41) is 9.96. The van der Waals surface area contributed by atoms with Gasteiger partial charge in [-0.1, -0.05) is 32.0 Å². The monoisotopic (exact) mass is 270 g/mol. The fourth-order valence-electron chi connectivity index (χ4n) is 2.48. The van der Waals surface area contributed by atoms with Gasteiger partial charge in [-0.3, -0.25) is 4.79 Å². The van der Waals surface area contributed by atoms with E-state index in [1.807, 2.05) is 32.0 Å². The van der Waals surface area contributed by atoms with Crippen LogP contribution in [0.1, 0.15) is 49.7 Å². The second-order valence-corrected chi connectivity index (χ2v) is 5.71. The van der Waals surface area contributed by atoms with E-state index in [1.165, 1.54) is 18.4 Å². The summed E-state index contributed by atoms with van der Waals surface area (Å²) in [6, 6.07) is 8.01. The van der Waals surface area contributed by atoms with Gasteiger partial charge in [-0.15, -0.1) is 0 Å². The van der Waals surface area contributed by atoms with E-state index in [-0.39, 0.29) is 17.4 Å². The maximum absolute atomic E-state index is 12.1. The third kappa shape index (κ3) is 2.33. The number of aromatic amines is 1. The summed E-state index contributed by atoms with van der Waals surface area (Å²) in [7, 11) is 0. The second-order valence-electron chi connectivity index (χ2n) is 5.71. The molecule has 0 unspecified atom stereocenters. The summed E-state index contributed by atoms with van der Waals surface area (Å²) in [5.41, 5.74) is 2.20. The Morgan fingerprint density at radius 3 is 2.70 bits per heavy atom. The van der Waals surface area contributed by atoms with E-state index < -0.39 is 0 Å². The fraction of sp³-hybridized carbons (Fsp3) is 0.375. The third-order valence-corrected chi connectivity index (χ3v) is 3.72. The molecule has 0 spiro atoms. The number of hydrogen-bond acceptors (Lipinski definition) is 3. The number of benzene rings is 1. The molecule has 3 rings (SSSR count). The van der Waals surface area contributed by atoms with Gasteiger partial charge in [-0.05, 0) is 36.3 Å². The molecule has 4 heteroatoms. The number of aromatic hydroxyl groups is 1. The molecular formula is C16H18N2O2. The Labute approximate surface area is 117 Å². The molecular weight excluding hydrogens is 252 g/mol.